The Labute approximate surface area is 127 Å². The molecule has 0 aromatic heterocycles. The van der Waals surface area contributed by atoms with Crippen LogP contribution in [0.3, 0.4) is 0 Å². The molecule has 0 heterocycles. The van der Waals surface area contributed by atoms with Crippen molar-refractivity contribution in [1.82, 2.24) is 0 Å². The van der Waals surface area contributed by atoms with E-state index in [0.29, 0.717) is 13.0 Å². The zero-order chi connectivity index (χ0) is 15.2. The van der Waals surface area contributed by atoms with Gasteiger partial charge in [0.25, 0.3) is 0 Å². The van der Waals surface area contributed by atoms with Gasteiger partial charge in [-0.1, -0.05) is 37.3 Å². The van der Waals surface area contributed by atoms with E-state index in [4.69, 9.17) is 4.74 Å². The van der Waals surface area contributed by atoms with Gasteiger partial charge in [-0.15, -0.1) is 0 Å². The fraction of sp³-hybridized carbons (Fsp3) is 0.368. The number of hydrogen-bond donors (Lipinski definition) is 1. The molecular formula is C19H24O2. The number of rotatable bonds is 6. The Morgan fingerprint density at radius 2 is 1.86 bits per heavy atom. The van der Waals surface area contributed by atoms with Crippen LogP contribution in [-0.2, 0) is 6.42 Å². The SMILES string of the molecule is CCCOc1cccc(C(O)Cc2ccc(C)c(C)c2)c1. The summed E-state index contributed by atoms with van der Waals surface area (Å²) in [5, 5.41) is 10.4. The third-order valence-corrected chi connectivity index (χ3v) is 3.72. The van der Waals surface area contributed by atoms with E-state index in [1.165, 1.54) is 11.1 Å². The highest BCUT2D eigenvalue weighted by molar-refractivity contribution is 5.33. The lowest BCUT2D eigenvalue weighted by atomic mass is 9.98. The average Bonchev–Trinajstić information content (AvgIpc) is 2.49. The second-order valence-corrected chi connectivity index (χ2v) is 5.56. The number of hydrogen-bond acceptors (Lipinski definition) is 2. The molecule has 0 aliphatic rings. The first-order valence-electron chi connectivity index (χ1n) is 7.57. The second kappa shape index (κ2) is 7.28. The van der Waals surface area contributed by atoms with E-state index in [2.05, 4.69) is 39.0 Å². The van der Waals surface area contributed by atoms with Crippen LogP contribution in [0, 0.1) is 13.8 Å². The lowest BCUT2D eigenvalue weighted by molar-refractivity contribution is 0.178. The normalized spacial score (nSPS) is 12.2. The number of aliphatic hydroxyl groups is 1. The van der Waals surface area contributed by atoms with Gasteiger partial charge in [-0.05, 0) is 54.7 Å². The summed E-state index contributed by atoms with van der Waals surface area (Å²) in [6, 6.07) is 14.1. The summed E-state index contributed by atoms with van der Waals surface area (Å²) in [7, 11) is 0. The van der Waals surface area contributed by atoms with Gasteiger partial charge in [0, 0.05) is 6.42 Å². The van der Waals surface area contributed by atoms with Crippen molar-refractivity contribution < 1.29 is 9.84 Å². The number of ether oxygens (including phenoxy) is 1. The lowest BCUT2D eigenvalue weighted by Gasteiger charge is -2.14. The molecule has 21 heavy (non-hydrogen) atoms. The standard InChI is InChI=1S/C19H24O2/c1-4-10-21-18-7-5-6-17(13-18)19(20)12-16-9-8-14(2)15(3)11-16/h5-9,11,13,19-20H,4,10,12H2,1-3H3. The molecule has 0 aliphatic carbocycles. The molecular weight excluding hydrogens is 260 g/mol. The van der Waals surface area contributed by atoms with Crippen molar-refractivity contribution >= 4 is 0 Å². The molecule has 2 rings (SSSR count). The van der Waals surface area contributed by atoms with Crippen molar-refractivity contribution in [1.29, 1.82) is 0 Å². The molecule has 2 aromatic carbocycles. The van der Waals surface area contributed by atoms with Crippen LogP contribution in [0.4, 0.5) is 0 Å². The molecule has 0 amide bonds. The first kappa shape index (κ1) is 15.6. The van der Waals surface area contributed by atoms with Crippen LogP contribution in [0.2, 0.25) is 0 Å². The van der Waals surface area contributed by atoms with Crippen LogP contribution in [-0.4, -0.2) is 11.7 Å². The van der Waals surface area contributed by atoms with E-state index in [1.54, 1.807) is 0 Å². The van der Waals surface area contributed by atoms with Crippen molar-refractivity contribution in [3.63, 3.8) is 0 Å². The van der Waals surface area contributed by atoms with Crippen molar-refractivity contribution in [2.75, 3.05) is 6.61 Å². The Bertz CT molecular complexity index is 590. The summed E-state index contributed by atoms with van der Waals surface area (Å²) in [6.07, 6.45) is 1.10. The summed E-state index contributed by atoms with van der Waals surface area (Å²) >= 11 is 0. The monoisotopic (exact) mass is 284 g/mol. The van der Waals surface area contributed by atoms with Crippen LogP contribution < -0.4 is 4.74 Å². The highest BCUT2D eigenvalue weighted by atomic mass is 16.5. The number of aliphatic hydroxyl groups excluding tert-OH is 1. The summed E-state index contributed by atoms with van der Waals surface area (Å²) in [4.78, 5) is 0. The van der Waals surface area contributed by atoms with Crippen LogP contribution in [0.15, 0.2) is 42.5 Å². The Morgan fingerprint density at radius 1 is 1.05 bits per heavy atom. The van der Waals surface area contributed by atoms with Crippen molar-refractivity contribution in [3.05, 3.63) is 64.7 Å². The molecule has 2 aromatic rings. The Kier molecular flexibility index (Phi) is 5.40. The minimum Gasteiger partial charge on any atom is -0.494 e. The molecule has 0 aliphatic heterocycles. The first-order chi connectivity index (χ1) is 10.1. The first-order valence-corrected chi connectivity index (χ1v) is 7.57. The van der Waals surface area contributed by atoms with Crippen molar-refractivity contribution in [2.45, 2.75) is 39.7 Å². The van der Waals surface area contributed by atoms with Gasteiger partial charge in [0.05, 0.1) is 12.7 Å². The zero-order valence-corrected chi connectivity index (χ0v) is 13.1. The summed E-state index contributed by atoms with van der Waals surface area (Å²) in [6.45, 7) is 6.99. The maximum atomic E-state index is 10.4. The fourth-order valence-electron chi connectivity index (χ4n) is 2.30. The van der Waals surface area contributed by atoms with Gasteiger partial charge in [-0.2, -0.15) is 0 Å². The third kappa shape index (κ3) is 4.33. The van der Waals surface area contributed by atoms with Crippen molar-refractivity contribution in [2.24, 2.45) is 0 Å². The molecule has 1 N–H and O–H groups in total. The molecule has 2 heteroatoms. The van der Waals surface area contributed by atoms with Gasteiger partial charge in [0.1, 0.15) is 5.75 Å². The average molecular weight is 284 g/mol. The van der Waals surface area contributed by atoms with Gasteiger partial charge in [-0.3, -0.25) is 0 Å². The predicted molar refractivity (Wildman–Crippen MR) is 86.8 cm³/mol. The fourth-order valence-corrected chi connectivity index (χ4v) is 2.30. The van der Waals surface area contributed by atoms with Crippen molar-refractivity contribution in [3.8, 4) is 5.75 Å². The van der Waals surface area contributed by atoms with Gasteiger partial charge < -0.3 is 9.84 Å². The smallest absolute Gasteiger partial charge is 0.119 e. The van der Waals surface area contributed by atoms with Gasteiger partial charge in [0.15, 0.2) is 0 Å². The minimum absolute atomic E-state index is 0.503. The Hall–Kier alpha value is -1.80. The Balaban J connectivity index is 2.08. The Morgan fingerprint density at radius 3 is 2.57 bits per heavy atom. The number of aryl methyl sites for hydroxylation is 2. The van der Waals surface area contributed by atoms with Crippen LogP contribution in [0.5, 0.6) is 5.75 Å². The van der Waals surface area contributed by atoms with E-state index in [-0.39, 0.29) is 0 Å². The molecule has 0 saturated carbocycles. The highest BCUT2D eigenvalue weighted by Gasteiger charge is 2.10. The maximum Gasteiger partial charge on any atom is 0.119 e. The summed E-state index contributed by atoms with van der Waals surface area (Å²) in [5.74, 6) is 0.827. The number of benzene rings is 2. The molecule has 1 unspecified atom stereocenters. The topological polar surface area (TPSA) is 29.5 Å². The van der Waals surface area contributed by atoms with Crippen LogP contribution in [0.1, 0.15) is 41.7 Å². The third-order valence-electron chi connectivity index (χ3n) is 3.72. The van der Waals surface area contributed by atoms with E-state index in [0.717, 1.165) is 23.3 Å². The van der Waals surface area contributed by atoms with Gasteiger partial charge in [-0.25, -0.2) is 0 Å². The minimum atomic E-state index is -0.503. The van der Waals surface area contributed by atoms with E-state index >= 15 is 0 Å². The molecule has 0 radical (unpaired) electrons. The molecule has 0 spiro atoms. The zero-order valence-electron chi connectivity index (χ0n) is 13.1. The molecule has 0 fully saturated rings. The maximum absolute atomic E-state index is 10.4. The molecule has 112 valence electrons. The summed E-state index contributed by atoms with van der Waals surface area (Å²) < 4.78 is 5.62. The molecule has 0 saturated heterocycles. The van der Waals surface area contributed by atoms with Crippen LogP contribution in [0.25, 0.3) is 0 Å². The molecule has 2 nitrogen and oxygen atoms in total. The van der Waals surface area contributed by atoms with E-state index < -0.39 is 6.10 Å². The largest absolute Gasteiger partial charge is 0.494 e. The second-order valence-electron chi connectivity index (χ2n) is 5.56. The molecule has 0 bridgehead atoms. The van der Waals surface area contributed by atoms with Gasteiger partial charge in [0.2, 0.25) is 0 Å². The summed E-state index contributed by atoms with van der Waals surface area (Å²) in [5.41, 5.74) is 4.61. The van der Waals surface area contributed by atoms with Crippen LogP contribution >= 0.6 is 0 Å². The highest BCUT2D eigenvalue weighted by Crippen LogP contribution is 2.23. The molecule has 1 atom stereocenters. The predicted octanol–water partition coefficient (Wildman–Crippen LogP) is 4.37. The quantitative estimate of drug-likeness (QED) is 0.853. The van der Waals surface area contributed by atoms with E-state index in [9.17, 15) is 5.11 Å². The van der Waals surface area contributed by atoms with E-state index in [1.807, 2.05) is 24.3 Å². The lowest BCUT2D eigenvalue weighted by Crippen LogP contribution is -2.03. The van der Waals surface area contributed by atoms with Gasteiger partial charge >= 0.3 is 0 Å².